The van der Waals surface area contributed by atoms with Crippen molar-refractivity contribution < 1.29 is 8.42 Å². The van der Waals surface area contributed by atoms with Crippen LogP contribution in [0.4, 0.5) is 5.69 Å². The van der Waals surface area contributed by atoms with E-state index in [1.54, 1.807) is 7.05 Å². The van der Waals surface area contributed by atoms with E-state index in [9.17, 15) is 8.42 Å². The van der Waals surface area contributed by atoms with E-state index in [-0.39, 0.29) is 26.7 Å². The Bertz CT molecular complexity index is 584. The highest BCUT2D eigenvalue weighted by Gasteiger charge is 2.32. The molecule has 0 spiro atoms. The Morgan fingerprint density at radius 2 is 1.84 bits per heavy atom. The third-order valence-electron chi connectivity index (χ3n) is 3.59. The molecule has 0 aromatic heterocycles. The van der Waals surface area contributed by atoms with Gasteiger partial charge < -0.3 is 5.73 Å². The number of nitrogens with zero attached hydrogens (tertiary/aromatic N) is 1. The molecule has 1 aliphatic rings. The van der Waals surface area contributed by atoms with Gasteiger partial charge in [-0.25, -0.2) is 8.42 Å². The Hall–Kier alpha value is -0.490. The number of halogens is 2. The number of sulfonamides is 1. The highest BCUT2D eigenvalue weighted by atomic mass is 35.5. The summed E-state index contributed by atoms with van der Waals surface area (Å²) in [6, 6.07) is 2.90. The summed E-state index contributed by atoms with van der Waals surface area (Å²) in [6.45, 7) is 0. The highest BCUT2D eigenvalue weighted by molar-refractivity contribution is 7.89. The third-order valence-corrected chi connectivity index (χ3v) is 6.39. The zero-order valence-corrected chi connectivity index (χ0v) is 12.9. The second kappa shape index (κ2) is 5.48. The fourth-order valence-electron chi connectivity index (χ4n) is 2.37. The van der Waals surface area contributed by atoms with Crippen molar-refractivity contribution in [2.75, 3.05) is 12.8 Å². The Balaban J connectivity index is 2.42. The maximum absolute atomic E-state index is 12.5. The van der Waals surface area contributed by atoms with E-state index in [1.165, 1.54) is 16.4 Å². The van der Waals surface area contributed by atoms with Crippen molar-refractivity contribution >= 4 is 38.9 Å². The smallest absolute Gasteiger partial charge is 0.244 e. The van der Waals surface area contributed by atoms with Crippen LogP contribution in [0.3, 0.4) is 0 Å². The van der Waals surface area contributed by atoms with E-state index in [0.29, 0.717) is 0 Å². The summed E-state index contributed by atoms with van der Waals surface area (Å²) in [5.41, 5.74) is 5.79. The van der Waals surface area contributed by atoms with E-state index >= 15 is 0 Å². The minimum Gasteiger partial charge on any atom is -0.396 e. The lowest BCUT2D eigenvalue weighted by Crippen LogP contribution is -2.35. The fraction of sp³-hybridized carbons (Fsp3) is 0.500. The van der Waals surface area contributed by atoms with Crippen molar-refractivity contribution in [3.05, 3.63) is 22.2 Å². The first-order valence-electron chi connectivity index (χ1n) is 6.07. The first kappa shape index (κ1) is 14.9. The average molecular weight is 323 g/mol. The van der Waals surface area contributed by atoms with Gasteiger partial charge in [0.25, 0.3) is 0 Å². The van der Waals surface area contributed by atoms with E-state index in [4.69, 9.17) is 28.9 Å². The molecule has 1 aliphatic carbocycles. The molecule has 0 amide bonds. The largest absolute Gasteiger partial charge is 0.396 e. The lowest BCUT2D eigenvalue weighted by atomic mass is 10.3. The molecule has 0 unspecified atom stereocenters. The number of rotatable bonds is 3. The molecule has 2 rings (SSSR count). The van der Waals surface area contributed by atoms with Crippen LogP contribution in [0.2, 0.25) is 10.0 Å². The predicted molar refractivity (Wildman–Crippen MR) is 78.1 cm³/mol. The number of nitrogen functional groups attached to an aromatic ring is 1. The quantitative estimate of drug-likeness (QED) is 0.869. The van der Waals surface area contributed by atoms with Crippen molar-refractivity contribution in [1.82, 2.24) is 4.31 Å². The van der Waals surface area contributed by atoms with Gasteiger partial charge in [0.15, 0.2) is 0 Å². The van der Waals surface area contributed by atoms with Crippen molar-refractivity contribution in [1.29, 1.82) is 0 Å². The van der Waals surface area contributed by atoms with Crippen LogP contribution in [0.25, 0.3) is 0 Å². The fourth-order valence-corrected chi connectivity index (χ4v) is 4.52. The molecule has 1 fully saturated rings. The highest BCUT2D eigenvalue weighted by Crippen LogP contribution is 2.36. The monoisotopic (exact) mass is 322 g/mol. The lowest BCUT2D eigenvalue weighted by molar-refractivity contribution is 0.373. The average Bonchev–Trinajstić information content (AvgIpc) is 2.88. The minimum atomic E-state index is -3.63. The summed E-state index contributed by atoms with van der Waals surface area (Å²) in [7, 11) is -2.04. The van der Waals surface area contributed by atoms with Crippen LogP contribution in [-0.2, 0) is 10.0 Å². The van der Waals surface area contributed by atoms with E-state index < -0.39 is 10.0 Å². The second-order valence-corrected chi connectivity index (χ2v) is 7.48. The second-order valence-electron chi connectivity index (χ2n) is 4.73. The molecule has 0 atom stereocenters. The Morgan fingerprint density at radius 3 is 2.42 bits per heavy atom. The van der Waals surface area contributed by atoms with Crippen LogP contribution < -0.4 is 5.73 Å². The summed E-state index contributed by atoms with van der Waals surface area (Å²) in [4.78, 5) is 0.0190. The molecular formula is C12H16Cl2N2O2S. The molecule has 1 saturated carbocycles. The van der Waals surface area contributed by atoms with E-state index in [2.05, 4.69) is 0 Å². The Kier molecular flexibility index (Phi) is 4.30. The number of benzene rings is 1. The van der Waals surface area contributed by atoms with Gasteiger partial charge in [0.05, 0.1) is 15.7 Å². The first-order valence-corrected chi connectivity index (χ1v) is 8.27. The standard InChI is InChI=1S/C12H16Cl2N2O2S/c1-16(8-4-2-3-5-8)19(17,18)10-7-6-9(13)12(15)11(10)14/h6-8H,2-5,15H2,1H3. The molecular weight excluding hydrogens is 307 g/mol. The molecule has 1 aromatic rings. The van der Waals surface area contributed by atoms with Gasteiger partial charge in [0, 0.05) is 13.1 Å². The van der Waals surface area contributed by atoms with Crippen molar-refractivity contribution in [2.24, 2.45) is 0 Å². The maximum Gasteiger partial charge on any atom is 0.244 e. The summed E-state index contributed by atoms with van der Waals surface area (Å²) >= 11 is 11.8. The van der Waals surface area contributed by atoms with Gasteiger partial charge in [-0.1, -0.05) is 36.0 Å². The Labute approximate surface area is 123 Å². The molecule has 0 aliphatic heterocycles. The molecule has 7 heteroatoms. The van der Waals surface area contributed by atoms with Crippen LogP contribution in [-0.4, -0.2) is 25.8 Å². The van der Waals surface area contributed by atoms with E-state index in [0.717, 1.165) is 25.7 Å². The van der Waals surface area contributed by atoms with Gasteiger partial charge in [-0.15, -0.1) is 0 Å². The van der Waals surface area contributed by atoms with Crippen molar-refractivity contribution in [3.8, 4) is 0 Å². The first-order chi connectivity index (χ1) is 8.85. The van der Waals surface area contributed by atoms with Crippen LogP contribution in [0, 0.1) is 0 Å². The van der Waals surface area contributed by atoms with Gasteiger partial charge in [0.2, 0.25) is 10.0 Å². The SMILES string of the molecule is CN(C1CCCC1)S(=O)(=O)c1ccc(Cl)c(N)c1Cl. The van der Waals surface area contributed by atoms with Crippen molar-refractivity contribution in [2.45, 2.75) is 36.6 Å². The van der Waals surface area contributed by atoms with Crippen molar-refractivity contribution in [3.63, 3.8) is 0 Å². The van der Waals surface area contributed by atoms with Gasteiger partial charge in [-0.05, 0) is 25.0 Å². The van der Waals surface area contributed by atoms with Gasteiger partial charge >= 0.3 is 0 Å². The predicted octanol–water partition coefficient (Wildman–Crippen LogP) is 3.14. The van der Waals surface area contributed by atoms with Crippen LogP contribution in [0.15, 0.2) is 17.0 Å². The zero-order chi connectivity index (χ0) is 14.2. The molecule has 19 heavy (non-hydrogen) atoms. The summed E-state index contributed by atoms with van der Waals surface area (Å²) in [6.07, 6.45) is 3.88. The van der Waals surface area contributed by atoms with Crippen LogP contribution in [0.1, 0.15) is 25.7 Å². The molecule has 2 N–H and O–H groups in total. The molecule has 4 nitrogen and oxygen atoms in total. The van der Waals surface area contributed by atoms with Crippen LogP contribution in [0.5, 0.6) is 0 Å². The molecule has 106 valence electrons. The third kappa shape index (κ3) is 2.70. The van der Waals surface area contributed by atoms with Gasteiger partial charge in [0.1, 0.15) is 4.90 Å². The zero-order valence-electron chi connectivity index (χ0n) is 10.6. The summed E-state index contributed by atoms with van der Waals surface area (Å²) in [5.74, 6) is 0. The molecule has 0 bridgehead atoms. The molecule has 1 aromatic carbocycles. The number of hydrogen-bond acceptors (Lipinski definition) is 3. The summed E-state index contributed by atoms with van der Waals surface area (Å²) < 4.78 is 26.5. The molecule has 0 radical (unpaired) electrons. The van der Waals surface area contributed by atoms with Crippen LogP contribution >= 0.6 is 23.2 Å². The maximum atomic E-state index is 12.5. The molecule has 0 heterocycles. The lowest BCUT2D eigenvalue weighted by Gasteiger charge is -2.24. The number of anilines is 1. The minimum absolute atomic E-state index is 0.00246. The Morgan fingerprint density at radius 1 is 1.26 bits per heavy atom. The van der Waals surface area contributed by atoms with E-state index in [1.807, 2.05) is 0 Å². The normalized spacial score (nSPS) is 17.3. The topological polar surface area (TPSA) is 63.4 Å². The molecule has 0 saturated heterocycles. The summed E-state index contributed by atoms with van der Waals surface area (Å²) in [5, 5.41) is 0.254. The van der Waals surface area contributed by atoms with Gasteiger partial charge in [-0.2, -0.15) is 4.31 Å². The number of nitrogens with two attached hydrogens (primary N) is 1. The van der Waals surface area contributed by atoms with Gasteiger partial charge in [-0.3, -0.25) is 0 Å². The number of hydrogen-bond donors (Lipinski definition) is 1.